The summed E-state index contributed by atoms with van der Waals surface area (Å²) in [4.78, 5) is 2.38. The van der Waals surface area contributed by atoms with Crippen LogP contribution in [0.5, 0.6) is 0 Å². The molecule has 326 valence electrons. The van der Waals surface area contributed by atoms with Gasteiger partial charge in [-0.3, -0.25) is 0 Å². The van der Waals surface area contributed by atoms with E-state index < -0.39 is 0 Å². The van der Waals surface area contributed by atoms with Crippen LogP contribution in [0.3, 0.4) is 0 Å². The van der Waals surface area contributed by atoms with Crippen molar-refractivity contribution in [3.8, 4) is 61.3 Å². The molecule has 0 spiro atoms. The summed E-state index contributed by atoms with van der Waals surface area (Å²) in [5.41, 5.74) is 21.8. The molecule has 1 aliphatic rings. The third kappa shape index (κ3) is 5.77. The summed E-state index contributed by atoms with van der Waals surface area (Å²) in [6, 6.07) is 87.5. The van der Waals surface area contributed by atoms with Crippen LogP contribution in [-0.4, -0.2) is 4.57 Å². The van der Waals surface area contributed by atoms with Crippen molar-refractivity contribution in [3.63, 3.8) is 0 Å². The van der Waals surface area contributed by atoms with Gasteiger partial charge < -0.3 is 18.3 Å². The molecule has 0 radical (unpaired) electrons. The largest absolute Gasteiger partial charge is 0.455 e. The van der Waals surface area contributed by atoms with Gasteiger partial charge in [-0.15, -0.1) is 0 Å². The minimum atomic E-state index is 0.897. The Labute approximate surface area is 403 Å². The molecule has 11 aromatic carbocycles. The quantitative estimate of drug-likeness (QED) is 0.167. The third-order valence-electron chi connectivity index (χ3n) is 14.6. The predicted octanol–water partition coefficient (Wildman–Crippen LogP) is 18.7. The highest BCUT2D eigenvalue weighted by Gasteiger charge is 2.28. The first-order valence-electron chi connectivity index (χ1n) is 23.9. The number of hydrogen-bond acceptors (Lipinski definition) is 3. The summed E-state index contributed by atoms with van der Waals surface area (Å²) in [6.45, 7) is 0. The lowest BCUT2D eigenvalue weighted by molar-refractivity contribution is 0.669. The maximum absolute atomic E-state index is 6.80. The normalized spacial score (nSPS) is 12.0. The first-order chi connectivity index (χ1) is 34.7. The zero-order valence-electron chi connectivity index (χ0n) is 37.8. The van der Waals surface area contributed by atoms with Crippen molar-refractivity contribution < 1.29 is 8.83 Å². The van der Waals surface area contributed by atoms with Gasteiger partial charge in [-0.05, 0) is 100 Å². The SMILES string of the molecule is c1ccc(-c2ccc(-c3ccc(N(c4ccc(-c5cccc6c5oc5ccccc56)cc4)c4ccc5c(c4)c4cccc6c4n5-c4ccccc4-c4ccc5c(oc7ccccc75)c4-6)cc3)cc2)cc1. The van der Waals surface area contributed by atoms with Gasteiger partial charge in [0.2, 0.25) is 0 Å². The van der Waals surface area contributed by atoms with Crippen LogP contribution < -0.4 is 4.90 Å². The molecule has 0 saturated heterocycles. The Kier molecular flexibility index (Phi) is 8.33. The summed E-state index contributed by atoms with van der Waals surface area (Å²) in [7, 11) is 0. The first-order valence-corrected chi connectivity index (χ1v) is 23.9. The highest BCUT2D eigenvalue weighted by atomic mass is 16.3. The number of anilines is 3. The van der Waals surface area contributed by atoms with E-state index in [9.17, 15) is 0 Å². The third-order valence-corrected chi connectivity index (χ3v) is 14.6. The first kappa shape index (κ1) is 38.7. The molecule has 0 atom stereocenters. The molecule has 0 aliphatic carbocycles. The zero-order chi connectivity index (χ0) is 45.9. The van der Waals surface area contributed by atoms with Crippen molar-refractivity contribution in [3.05, 3.63) is 243 Å². The molecule has 0 amide bonds. The van der Waals surface area contributed by atoms with Crippen molar-refractivity contribution in [2.45, 2.75) is 0 Å². The van der Waals surface area contributed by atoms with Crippen LogP contribution in [-0.2, 0) is 0 Å². The molecule has 1 aliphatic heterocycles. The Morgan fingerprint density at radius 2 is 0.814 bits per heavy atom. The van der Waals surface area contributed by atoms with Gasteiger partial charge in [0.1, 0.15) is 22.3 Å². The minimum absolute atomic E-state index is 0.897. The second kappa shape index (κ2) is 15.1. The molecule has 0 N–H and O–H groups in total. The Bertz CT molecular complexity index is 4380. The fourth-order valence-corrected chi connectivity index (χ4v) is 11.3. The molecule has 4 heterocycles. The summed E-state index contributed by atoms with van der Waals surface area (Å²) in [6.07, 6.45) is 0. The van der Waals surface area contributed by atoms with E-state index >= 15 is 0 Å². The lowest BCUT2D eigenvalue weighted by Crippen LogP contribution is -2.10. The van der Waals surface area contributed by atoms with Crippen LogP contribution in [0.15, 0.2) is 251 Å². The molecule has 15 rings (SSSR count). The van der Waals surface area contributed by atoms with Gasteiger partial charge >= 0.3 is 0 Å². The van der Waals surface area contributed by atoms with Crippen molar-refractivity contribution in [2.75, 3.05) is 4.90 Å². The van der Waals surface area contributed by atoms with E-state index in [1.807, 2.05) is 12.1 Å². The summed E-state index contributed by atoms with van der Waals surface area (Å²) in [5.74, 6) is 0. The second-order valence-corrected chi connectivity index (χ2v) is 18.4. The van der Waals surface area contributed by atoms with Gasteiger partial charge in [-0.1, -0.05) is 176 Å². The van der Waals surface area contributed by atoms with Crippen molar-refractivity contribution in [1.29, 1.82) is 0 Å². The number of aromatic nitrogens is 1. The Balaban J connectivity index is 0.904. The van der Waals surface area contributed by atoms with E-state index in [0.29, 0.717) is 0 Å². The molecular weight excluding hydrogens is 853 g/mol. The Morgan fingerprint density at radius 3 is 1.53 bits per heavy atom. The van der Waals surface area contributed by atoms with Crippen LogP contribution in [0.1, 0.15) is 0 Å². The fourth-order valence-electron chi connectivity index (χ4n) is 11.3. The molecule has 0 bridgehead atoms. The van der Waals surface area contributed by atoms with E-state index in [0.717, 1.165) is 100.0 Å². The Hall–Kier alpha value is -9.38. The standard InChI is InChI=1S/C66H40N2O2/c1-2-12-41(13-3-1)42-24-26-43(27-25-42)44-28-32-46(33-29-44)67(47-34-30-45(31-35-47)49-17-10-19-55-51-15-5-8-22-61(51)69-65(49)55)48-36-39-60-58(40-48)54-18-11-20-57-63-53(50-14-4-7-21-59(50)68(60)64(54)57)37-38-56-52-16-6-9-23-62(52)70-66(56)63/h1-40H. The van der Waals surface area contributed by atoms with Crippen LogP contribution in [0.4, 0.5) is 17.1 Å². The van der Waals surface area contributed by atoms with E-state index in [4.69, 9.17) is 8.83 Å². The van der Waals surface area contributed by atoms with Gasteiger partial charge in [0, 0.05) is 71.6 Å². The molecule has 0 saturated carbocycles. The number of rotatable bonds is 6. The van der Waals surface area contributed by atoms with Crippen molar-refractivity contribution >= 4 is 82.7 Å². The van der Waals surface area contributed by atoms with Crippen LogP contribution in [0.25, 0.3) is 127 Å². The van der Waals surface area contributed by atoms with Gasteiger partial charge in [-0.2, -0.15) is 0 Å². The highest BCUT2D eigenvalue weighted by molar-refractivity contribution is 6.21. The fraction of sp³-hybridized carbons (Fsp3) is 0. The maximum Gasteiger partial charge on any atom is 0.143 e. The molecule has 0 fully saturated rings. The van der Waals surface area contributed by atoms with E-state index in [2.05, 4.69) is 240 Å². The second-order valence-electron chi connectivity index (χ2n) is 18.4. The monoisotopic (exact) mass is 892 g/mol. The summed E-state index contributed by atoms with van der Waals surface area (Å²) >= 11 is 0. The molecule has 3 aromatic heterocycles. The highest BCUT2D eigenvalue weighted by Crippen LogP contribution is 2.51. The lowest BCUT2D eigenvalue weighted by Gasteiger charge is -2.26. The van der Waals surface area contributed by atoms with Gasteiger partial charge in [0.05, 0.1) is 16.7 Å². The number of nitrogens with zero attached hydrogens (tertiary/aromatic N) is 2. The average molecular weight is 893 g/mol. The maximum atomic E-state index is 6.80. The van der Waals surface area contributed by atoms with Crippen LogP contribution in [0, 0.1) is 0 Å². The molecule has 70 heavy (non-hydrogen) atoms. The van der Waals surface area contributed by atoms with E-state index in [1.54, 1.807) is 0 Å². The number of para-hydroxylation sites is 5. The summed E-state index contributed by atoms with van der Waals surface area (Å²) < 4.78 is 15.8. The number of hydrogen-bond donors (Lipinski definition) is 0. The van der Waals surface area contributed by atoms with Crippen molar-refractivity contribution in [1.82, 2.24) is 4.57 Å². The topological polar surface area (TPSA) is 34.5 Å². The minimum Gasteiger partial charge on any atom is -0.455 e. The van der Waals surface area contributed by atoms with Gasteiger partial charge in [0.25, 0.3) is 0 Å². The number of furan rings is 2. The van der Waals surface area contributed by atoms with Crippen LogP contribution >= 0.6 is 0 Å². The molecular formula is C66H40N2O2. The number of fused-ring (bicyclic) bond motifs is 15. The average Bonchev–Trinajstić information content (AvgIpc) is 4.09. The molecule has 4 nitrogen and oxygen atoms in total. The zero-order valence-corrected chi connectivity index (χ0v) is 37.8. The Morgan fingerprint density at radius 1 is 0.300 bits per heavy atom. The molecule has 4 heteroatoms. The summed E-state index contributed by atoms with van der Waals surface area (Å²) in [5, 5.41) is 6.87. The smallest absolute Gasteiger partial charge is 0.143 e. The van der Waals surface area contributed by atoms with Gasteiger partial charge in [-0.25, -0.2) is 0 Å². The van der Waals surface area contributed by atoms with Crippen molar-refractivity contribution in [2.24, 2.45) is 0 Å². The van der Waals surface area contributed by atoms with Crippen LogP contribution in [0.2, 0.25) is 0 Å². The molecule has 0 unspecified atom stereocenters. The number of benzene rings is 11. The van der Waals surface area contributed by atoms with Gasteiger partial charge in [0.15, 0.2) is 0 Å². The predicted molar refractivity (Wildman–Crippen MR) is 291 cm³/mol. The van der Waals surface area contributed by atoms with E-state index in [1.165, 1.54) is 44.1 Å². The lowest BCUT2D eigenvalue weighted by atomic mass is 9.91. The molecule has 14 aromatic rings. The van der Waals surface area contributed by atoms with E-state index in [-0.39, 0.29) is 0 Å².